The fraction of sp³-hybridized carbons (Fsp3) is 0.591. The summed E-state index contributed by atoms with van der Waals surface area (Å²) < 4.78 is 5.81. The van der Waals surface area contributed by atoms with Crippen LogP contribution in [0, 0.1) is 11.3 Å². The van der Waals surface area contributed by atoms with E-state index >= 15 is 0 Å². The molecule has 1 fully saturated rings. The summed E-state index contributed by atoms with van der Waals surface area (Å²) in [6, 6.07) is 0. The van der Waals surface area contributed by atoms with Gasteiger partial charge in [-0.1, -0.05) is 50.3 Å². The zero-order valence-corrected chi connectivity index (χ0v) is 16.7. The first-order valence-corrected chi connectivity index (χ1v) is 9.48. The quantitative estimate of drug-likeness (QED) is 0.304. The van der Waals surface area contributed by atoms with E-state index in [1.165, 1.54) is 12.0 Å². The molecule has 1 saturated heterocycles. The Balaban J connectivity index is 2.68. The van der Waals surface area contributed by atoms with Gasteiger partial charge in [-0.3, -0.25) is 10.3 Å². The van der Waals surface area contributed by atoms with Crippen LogP contribution in [0.2, 0.25) is 0 Å². The van der Waals surface area contributed by atoms with Gasteiger partial charge in [-0.15, -0.1) is 0 Å². The molecule has 1 N–H and O–H groups in total. The van der Waals surface area contributed by atoms with Crippen molar-refractivity contribution < 1.29 is 4.74 Å². The molecular formula is C22H36N2O. The van der Waals surface area contributed by atoms with Crippen molar-refractivity contribution in [3.63, 3.8) is 0 Å². The van der Waals surface area contributed by atoms with E-state index < -0.39 is 0 Å². The van der Waals surface area contributed by atoms with Gasteiger partial charge in [0.25, 0.3) is 0 Å². The van der Waals surface area contributed by atoms with Gasteiger partial charge in [0.2, 0.25) is 0 Å². The van der Waals surface area contributed by atoms with Crippen molar-refractivity contribution in [2.75, 3.05) is 26.2 Å². The first-order valence-electron chi connectivity index (χ1n) is 9.48. The van der Waals surface area contributed by atoms with Gasteiger partial charge >= 0.3 is 0 Å². The van der Waals surface area contributed by atoms with E-state index in [1.807, 2.05) is 13.8 Å². The SMILES string of the molecule is C=C(C)C/C(CC=CC)=C(/CC)C(=N)C(=C)OCCN1CCC(C)C1. The van der Waals surface area contributed by atoms with E-state index in [9.17, 15) is 0 Å². The molecule has 0 aromatic rings. The molecule has 0 spiro atoms. The standard InChI is InChI=1S/C22H36N2O/c1-7-9-10-20(15-17(3)4)21(8-2)22(23)19(6)25-14-13-24-12-11-18(5)16-24/h7,9,18,23H,3,6,8,10-16H2,1-2,4-5H3/b9-7?,21-20-,23-22?. The van der Waals surface area contributed by atoms with Crippen molar-refractivity contribution in [3.05, 3.63) is 47.8 Å². The summed E-state index contributed by atoms with van der Waals surface area (Å²) >= 11 is 0. The number of ether oxygens (including phenoxy) is 1. The lowest BCUT2D eigenvalue weighted by molar-refractivity contribution is 0.183. The third kappa shape index (κ3) is 7.43. The Bertz CT molecular complexity index is 542. The summed E-state index contributed by atoms with van der Waals surface area (Å²) in [5, 5.41) is 8.53. The highest BCUT2D eigenvalue weighted by molar-refractivity contribution is 6.09. The van der Waals surface area contributed by atoms with Gasteiger partial charge in [-0.2, -0.15) is 0 Å². The van der Waals surface area contributed by atoms with Crippen molar-refractivity contribution in [2.45, 2.75) is 53.4 Å². The maximum atomic E-state index is 8.53. The third-order valence-electron chi connectivity index (χ3n) is 4.67. The Hall–Kier alpha value is -1.61. The van der Waals surface area contributed by atoms with Crippen molar-refractivity contribution >= 4 is 5.71 Å². The van der Waals surface area contributed by atoms with Crippen LogP contribution in [0.3, 0.4) is 0 Å². The number of nitrogens with zero attached hydrogens (tertiary/aromatic N) is 1. The second kappa shape index (κ2) is 11.1. The zero-order chi connectivity index (χ0) is 18.8. The van der Waals surface area contributed by atoms with Crippen LogP contribution in [0.5, 0.6) is 0 Å². The minimum atomic E-state index is 0.443. The molecule has 1 heterocycles. The van der Waals surface area contributed by atoms with E-state index in [4.69, 9.17) is 10.1 Å². The molecule has 1 rings (SSSR count). The predicted molar refractivity (Wildman–Crippen MR) is 109 cm³/mol. The van der Waals surface area contributed by atoms with Crippen LogP contribution in [0.1, 0.15) is 53.4 Å². The number of rotatable bonds is 11. The number of hydrogen-bond acceptors (Lipinski definition) is 3. The van der Waals surface area contributed by atoms with Crippen LogP contribution in [-0.4, -0.2) is 36.9 Å². The second-order valence-electron chi connectivity index (χ2n) is 7.18. The fourth-order valence-electron chi connectivity index (χ4n) is 3.30. The normalized spacial score (nSPS) is 19.1. The second-order valence-corrected chi connectivity index (χ2v) is 7.18. The highest BCUT2D eigenvalue weighted by atomic mass is 16.5. The number of allylic oxidation sites excluding steroid dienone is 5. The summed E-state index contributed by atoms with van der Waals surface area (Å²) in [5.41, 5.74) is 3.85. The van der Waals surface area contributed by atoms with Crippen molar-refractivity contribution in [3.8, 4) is 0 Å². The molecule has 0 aromatic carbocycles. The van der Waals surface area contributed by atoms with E-state index in [0.717, 1.165) is 56.0 Å². The largest absolute Gasteiger partial charge is 0.491 e. The van der Waals surface area contributed by atoms with Gasteiger partial charge in [0.1, 0.15) is 12.4 Å². The van der Waals surface area contributed by atoms with Gasteiger partial charge in [-0.25, -0.2) is 0 Å². The summed E-state index contributed by atoms with van der Waals surface area (Å²) in [5.74, 6) is 1.27. The molecule has 3 nitrogen and oxygen atoms in total. The molecule has 0 amide bonds. The highest BCUT2D eigenvalue weighted by Crippen LogP contribution is 2.24. The van der Waals surface area contributed by atoms with Crippen molar-refractivity contribution in [1.29, 1.82) is 5.41 Å². The predicted octanol–water partition coefficient (Wildman–Crippen LogP) is 5.52. The van der Waals surface area contributed by atoms with E-state index in [2.05, 4.69) is 44.1 Å². The van der Waals surface area contributed by atoms with Crippen LogP contribution < -0.4 is 0 Å². The van der Waals surface area contributed by atoms with Gasteiger partial charge in [-0.05, 0) is 57.6 Å². The molecule has 0 aromatic heterocycles. The highest BCUT2D eigenvalue weighted by Gasteiger charge is 2.19. The summed E-state index contributed by atoms with van der Waals surface area (Å²) in [4.78, 5) is 2.43. The summed E-state index contributed by atoms with van der Waals surface area (Å²) in [7, 11) is 0. The van der Waals surface area contributed by atoms with E-state index in [1.54, 1.807) is 0 Å². The van der Waals surface area contributed by atoms with Crippen molar-refractivity contribution in [1.82, 2.24) is 4.90 Å². The summed E-state index contributed by atoms with van der Waals surface area (Å²) in [6.45, 7) is 20.3. The topological polar surface area (TPSA) is 36.3 Å². The number of likely N-dealkylation sites (tertiary alicyclic amines) is 1. The first kappa shape index (κ1) is 21.4. The minimum Gasteiger partial charge on any atom is -0.491 e. The molecule has 25 heavy (non-hydrogen) atoms. The average molecular weight is 345 g/mol. The summed E-state index contributed by atoms with van der Waals surface area (Å²) in [6.07, 6.45) is 7.96. The van der Waals surface area contributed by atoms with Crippen LogP contribution in [0.4, 0.5) is 0 Å². The Morgan fingerprint density at radius 2 is 2.08 bits per heavy atom. The lowest BCUT2D eigenvalue weighted by atomic mass is 9.93. The molecule has 1 unspecified atom stereocenters. The molecule has 1 aliphatic rings. The first-order chi connectivity index (χ1) is 11.9. The van der Waals surface area contributed by atoms with Gasteiger partial charge < -0.3 is 4.74 Å². The van der Waals surface area contributed by atoms with Gasteiger partial charge in [0.05, 0.1) is 5.71 Å². The van der Waals surface area contributed by atoms with Crippen LogP contribution in [0.15, 0.2) is 47.8 Å². The molecular weight excluding hydrogens is 308 g/mol. The molecule has 3 heteroatoms. The van der Waals surface area contributed by atoms with Gasteiger partial charge in [0, 0.05) is 13.1 Å². The minimum absolute atomic E-state index is 0.443. The molecule has 1 aliphatic heterocycles. The maximum Gasteiger partial charge on any atom is 0.137 e. The Kier molecular flexibility index (Phi) is 9.51. The third-order valence-corrected chi connectivity index (χ3v) is 4.67. The molecule has 0 aliphatic carbocycles. The molecule has 0 radical (unpaired) electrons. The molecule has 0 bridgehead atoms. The van der Waals surface area contributed by atoms with E-state index in [0.29, 0.717) is 18.1 Å². The van der Waals surface area contributed by atoms with Crippen LogP contribution in [-0.2, 0) is 4.74 Å². The zero-order valence-electron chi connectivity index (χ0n) is 16.7. The monoisotopic (exact) mass is 344 g/mol. The molecule has 0 saturated carbocycles. The Morgan fingerprint density at radius 3 is 2.60 bits per heavy atom. The molecule has 140 valence electrons. The smallest absolute Gasteiger partial charge is 0.137 e. The average Bonchev–Trinajstić information content (AvgIpc) is 2.97. The number of nitrogens with one attached hydrogen (secondary N) is 1. The fourth-order valence-corrected chi connectivity index (χ4v) is 3.30. The lowest BCUT2D eigenvalue weighted by Gasteiger charge is -2.19. The Labute approximate surface area is 154 Å². The molecule has 1 atom stereocenters. The van der Waals surface area contributed by atoms with E-state index in [-0.39, 0.29) is 0 Å². The van der Waals surface area contributed by atoms with Gasteiger partial charge in [0.15, 0.2) is 0 Å². The Morgan fingerprint density at radius 1 is 1.36 bits per heavy atom. The van der Waals surface area contributed by atoms with Crippen LogP contribution in [0.25, 0.3) is 0 Å². The maximum absolute atomic E-state index is 8.53. The van der Waals surface area contributed by atoms with Crippen molar-refractivity contribution in [2.24, 2.45) is 5.92 Å². The van der Waals surface area contributed by atoms with Crippen LogP contribution >= 0.6 is 0 Å². The lowest BCUT2D eigenvalue weighted by Crippen LogP contribution is -2.25. The number of hydrogen-bond donors (Lipinski definition) is 1.